The van der Waals surface area contributed by atoms with Gasteiger partial charge in [-0.15, -0.1) is 5.10 Å². The van der Waals surface area contributed by atoms with Crippen LogP contribution >= 0.6 is 23.2 Å². The Balaban J connectivity index is 1.71. The van der Waals surface area contributed by atoms with E-state index in [0.717, 1.165) is 12.8 Å². The number of benzene rings is 1. The van der Waals surface area contributed by atoms with Crippen LogP contribution in [0.5, 0.6) is 0 Å². The molecule has 1 saturated carbocycles. The number of rotatable bonds is 3. The molecule has 5 nitrogen and oxygen atoms in total. The first-order valence-corrected chi connectivity index (χ1v) is 7.99. The molecule has 7 heteroatoms. The van der Waals surface area contributed by atoms with Crippen LogP contribution in [0, 0.1) is 0 Å². The highest BCUT2D eigenvalue weighted by Crippen LogP contribution is 2.32. The molecule has 0 bridgehead atoms. The van der Waals surface area contributed by atoms with E-state index in [0.29, 0.717) is 21.9 Å². The second-order valence-electron chi connectivity index (χ2n) is 5.36. The van der Waals surface area contributed by atoms with Crippen LogP contribution in [-0.4, -0.2) is 16.1 Å². The molecule has 2 aromatic rings. The lowest BCUT2D eigenvalue weighted by atomic mass is 9.89. The standard InChI is InChI=1S/C15H15Cl2N3O2/c16-10-6-7-12(17)11(8-10)13(21)18-15-20-19-14(22-15)9-4-2-1-3-5-9/h6-9H,1-5H2,(H,18,20,21). The number of amides is 1. The Morgan fingerprint density at radius 3 is 2.73 bits per heavy atom. The summed E-state index contributed by atoms with van der Waals surface area (Å²) in [4.78, 5) is 12.2. The van der Waals surface area contributed by atoms with Gasteiger partial charge in [0.1, 0.15) is 0 Å². The third-order valence-electron chi connectivity index (χ3n) is 3.79. The molecule has 1 aliphatic carbocycles. The highest BCUT2D eigenvalue weighted by atomic mass is 35.5. The van der Waals surface area contributed by atoms with Crippen LogP contribution in [0.2, 0.25) is 10.0 Å². The van der Waals surface area contributed by atoms with E-state index in [1.165, 1.54) is 25.3 Å². The Hall–Kier alpha value is -1.59. The van der Waals surface area contributed by atoms with Gasteiger partial charge in [-0.2, -0.15) is 0 Å². The molecule has 0 radical (unpaired) electrons. The van der Waals surface area contributed by atoms with E-state index < -0.39 is 5.91 Å². The smallest absolute Gasteiger partial charge is 0.322 e. The molecular formula is C15H15Cl2N3O2. The zero-order valence-electron chi connectivity index (χ0n) is 11.8. The zero-order valence-corrected chi connectivity index (χ0v) is 13.3. The van der Waals surface area contributed by atoms with Crippen LogP contribution in [-0.2, 0) is 0 Å². The van der Waals surface area contributed by atoms with Crippen LogP contribution < -0.4 is 5.32 Å². The lowest BCUT2D eigenvalue weighted by Crippen LogP contribution is -2.12. The molecule has 0 saturated heterocycles. The number of anilines is 1. The van der Waals surface area contributed by atoms with Crippen molar-refractivity contribution < 1.29 is 9.21 Å². The number of aromatic nitrogens is 2. The quantitative estimate of drug-likeness (QED) is 0.881. The summed E-state index contributed by atoms with van der Waals surface area (Å²) in [5, 5.41) is 11.2. The molecular weight excluding hydrogens is 325 g/mol. The number of carbonyl (C=O) groups is 1. The first-order chi connectivity index (χ1) is 10.6. The number of halogens is 2. The normalized spacial score (nSPS) is 15.7. The van der Waals surface area contributed by atoms with Gasteiger partial charge in [0.2, 0.25) is 5.89 Å². The van der Waals surface area contributed by atoms with Crippen LogP contribution in [0.1, 0.15) is 54.3 Å². The van der Waals surface area contributed by atoms with Crippen molar-refractivity contribution in [2.45, 2.75) is 38.0 Å². The molecule has 1 N–H and O–H groups in total. The topological polar surface area (TPSA) is 68.0 Å². The van der Waals surface area contributed by atoms with E-state index in [1.54, 1.807) is 12.1 Å². The number of nitrogens with zero attached hydrogens (tertiary/aromatic N) is 2. The van der Waals surface area contributed by atoms with E-state index in [2.05, 4.69) is 15.5 Å². The highest BCUT2D eigenvalue weighted by molar-refractivity contribution is 6.36. The van der Waals surface area contributed by atoms with E-state index in [1.807, 2.05) is 0 Å². The third kappa shape index (κ3) is 3.42. The molecule has 3 rings (SSSR count). The van der Waals surface area contributed by atoms with Gasteiger partial charge in [0, 0.05) is 10.9 Å². The summed E-state index contributed by atoms with van der Waals surface area (Å²) in [6.45, 7) is 0. The minimum absolute atomic E-state index is 0.0848. The molecule has 1 heterocycles. The maximum Gasteiger partial charge on any atom is 0.322 e. The fourth-order valence-electron chi connectivity index (χ4n) is 2.64. The summed E-state index contributed by atoms with van der Waals surface area (Å²) in [5.41, 5.74) is 0.270. The average Bonchev–Trinajstić information content (AvgIpc) is 2.99. The summed E-state index contributed by atoms with van der Waals surface area (Å²) in [6.07, 6.45) is 5.70. The van der Waals surface area contributed by atoms with Gasteiger partial charge in [0.25, 0.3) is 5.91 Å². The molecule has 1 aliphatic rings. The van der Waals surface area contributed by atoms with E-state index in [-0.39, 0.29) is 11.6 Å². The minimum Gasteiger partial charge on any atom is -0.408 e. The average molecular weight is 340 g/mol. The molecule has 1 fully saturated rings. The zero-order chi connectivity index (χ0) is 15.5. The van der Waals surface area contributed by atoms with Crippen molar-refractivity contribution in [2.24, 2.45) is 0 Å². The van der Waals surface area contributed by atoms with Crippen LogP contribution in [0.3, 0.4) is 0 Å². The molecule has 0 atom stereocenters. The summed E-state index contributed by atoms with van der Waals surface area (Å²) in [7, 11) is 0. The van der Waals surface area contributed by atoms with Gasteiger partial charge in [0.15, 0.2) is 0 Å². The van der Waals surface area contributed by atoms with Crippen molar-refractivity contribution in [1.29, 1.82) is 0 Å². The van der Waals surface area contributed by atoms with Crippen LogP contribution in [0.4, 0.5) is 6.01 Å². The first kappa shape index (κ1) is 15.3. The maximum absolute atomic E-state index is 12.2. The molecule has 1 amide bonds. The molecule has 1 aromatic carbocycles. The fraction of sp³-hybridized carbons (Fsp3) is 0.400. The number of nitrogens with one attached hydrogen (secondary N) is 1. The number of hydrogen-bond acceptors (Lipinski definition) is 4. The summed E-state index contributed by atoms with van der Waals surface area (Å²) in [5.74, 6) is 0.459. The molecule has 116 valence electrons. The molecule has 22 heavy (non-hydrogen) atoms. The summed E-state index contributed by atoms with van der Waals surface area (Å²) >= 11 is 11.9. The van der Waals surface area contributed by atoms with Crippen molar-refractivity contribution in [3.8, 4) is 0 Å². The summed E-state index contributed by atoms with van der Waals surface area (Å²) < 4.78 is 5.56. The first-order valence-electron chi connectivity index (χ1n) is 7.23. The van der Waals surface area contributed by atoms with Crippen molar-refractivity contribution in [2.75, 3.05) is 5.32 Å². The molecule has 0 unspecified atom stereocenters. The van der Waals surface area contributed by atoms with Crippen molar-refractivity contribution >= 4 is 35.1 Å². The SMILES string of the molecule is O=C(Nc1nnc(C2CCCCC2)o1)c1cc(Cl)ccc1Cl. The Kier molecular flexibility index (Phi) is 4.64. The molecule has 0 aliphatic heterocycles. The lowest BCUT2D eigenvalue weighted by molar-refractivity contribution is 0.102. The van der Waals surface area contributed by atoms with Gasteiger partial charge in [0.05, 0.1) is 10.6 Å². The van der Waals surface area contributed by atoms with Crippen molar-refractivity contribution in [1.82, 2.24) is 10.2 Å². The van der Waals surface area contributed by atoms with Gasteiger partial charge in [-0.25, -0.2) is 0 Å². The predicted octanol–water partition coefficient (Wildman–Crippen LogP) is 4.68. The third-order valence-corrected chi connectivity index (χ3v) is 4.35. The van der Waals surface area contributed by atoms with Gasteiger partial charge in [-0.1, -0.05) is 47.6 Å². The highest BCUT2D eigenvalue weighted by Gasteiger charge is 2.22. The maximum atomic E-state index is 12.2. The van der Waals surface area contributed by atoms with E-state index >= 15 is 0 Å². The number of carbonyl (C=O) groups excluding carboxylic acids is 1. The monoisotopic (exact) mass is 339 g/mol. The van der Waals surface area contributed by atoms with Crippen LogP contribution in [0.25, 0.3) is 0 Å². The van der Waals surface area contributed by atoms with Gasteiger partial charge < -0.3 is 4.42 Å². The van der Waals surface area contributed by atoms with Crippen molar-refractivity contribution in [3.05, 3.63) is 39.7 Å². The van der Waals surface area contributed by atoms with E-state index in [4.69, 9.17) is 27.6 Å². The molecule has 0 spiro atoms. The Morgan fingerprint density at radius 2 is 1.95 bits per heavy atom. The lowest BCUT2D eigenvalue weighted by Gasteiger charge is -2.17. The van der Waals surface area contributed by atoms with Gasteiger partial charge in [-0.3, -0.25) is 10.1 Å². The number of hydrogen-bond donors (Lipinski definition) is 1. The fourth-order valence-corrected chi connectivity index (χ4v) is 3.01. The Bertz CT molecular complexity index is 681. The second-order valence-corrected chi connectivity index (χ2v) is 6.20. The van der Waals surface area contributed by atoms with Gasteiger partial charge >= 0.3 is 6.01 Å². The summed E-state index contributed by atoms with van der Waals surface area (Å²) in [6, 6.07) is 4.77. The predicted molar refractivity (Wildman–Crippen MR) is 84.5 cm³/mol. The molecule has 1 aromatic heterocycles. The van der Waals surface area contributed by atoms with E-state index in [9.17, 15) is 4.79 Å². The minimum atomic E-state index is -0.425. The second kappa shape index (κ2) is 6.67. The Morgan fingerprint density at radius 1 is 1.18 bits per heavy atom. The van der Waals surface area contributed by atoms with Gasteiger partial charge in [-0.05, 0) is 31.0 Å². The largest absolute Gasteiger partial charge is 0.408 e. The van der Waals surface area contributed by atoms with Crippen molar-refractivity contribution in [3.63, 3.8) is 0 Å². The van der Waals surface area contributed by atoms with Crippen LogP contribution in [0.15, 0.2) is 22.6 Å². The Labute approximate surface area is 138 Å².